The minimum atomic E-state index is -1.23. The van der Waals surface area contributed by atoms with Crippen LogP contribution >= 0.6 is 0 Å². The first-order valence-electron chi connectivity index (χ1n) is 6.29. The fourth-order valence-electron chi connectivity index (χ4n) is 1.61. The minimum Gasteiger partial charge on any atom is -0.478 e. The first-order valence-corrected chi connectivity index (χ1v) is 6.29. The molecule has 0 heterocycles. The summed E-state index contributed by atoms with van der Waals surface area (Å²) < 4.78 is 0. The van der Waals surface area contributed by atoms with Gasteiger partial charge in [-0.1, -0.05) is 42.5 Å². The molecule has 1 atom stereocenters. The fourth-order valence-corrected chi connectivity index (χ4v) is 1.61. The Morgan fingerprint density at radius 1 is 0.857 bits per heavy atom. The van der Waals surface area contributed by atoms with E-state index in [1.165, 1.54) is 29.8 Å². The predicted octanol–water partition coefficient (Wildman–Crippen LogP) is 2.79. The van der Waals surface area contributed by atoms with Gasteiger partial charge in [0.05, 0.1) is 11.1 Å². The van der Waals surface area contributed by atoms with Crippen LogP contribution in [0.3, 0.4) is 0 Å². The van der Waals surface area contributed by atoms with Crippen molar-refractivity contribution in [1.29, 1.82) is 0 Å². The van der Waals surface area contributed by atoms with Crippen molar-refractivity contribution in [1.82, 2.24) is 0 Å². The summed E-state index contributed by atoms with van der Waals surface area (Å²) in [7, 11) is 0. The van der Waals surface area contributed by atoms with Crippen LogP contribution in [0.2, 0.25) is 0 Å². The van der Waals surface area contributed by atoms with E-state index in [0.29, 0.717) is 0 Å². The molecule has 0 aliphatic rings. The smallest absolute Gasteiger partial charge is 0.336 e. The van der Waals surface area contributed by atoms with Crippen LogP contribution < -0.4 is 5.73 Å². The number of rotatable bonds is 3. The highest BCUT2D eigenvalue weighted by atomic mass is 16.4. The van der Waals surface area contributed by atoms with E-state index in [2.05, 4.69) is 0 Å². The summed E-state index contributed by atoms with van der Waals surface area (Å²) in [5.41, 5.74) is 6.43. The van der Waals surface area contributed by atoms with Crippen LogP contribution in [0.4, 0.5) is 0 Å². The van der Waals surface area contributed by atoms with Gasteiger partial charge in [0.2, 0.25) is 0 Å². The number of carboxylic acids is 2. The Balaban J connectivity index is 0.000000219. The summed E-state index contributed by atoms with van der Waals surface area (Å²) in [5, 5.41) is 17.1. The third-order valence-corrected chi connectivity index (χ3v) is 2.71. The summed E-state index contributed by atoms with van der Waals surface area (Å²) >= 11 is 0. The molecular weight excluding hydrogens is 270 g/mol. The van der Waals surface area contributed by atoms with Crippen molar-refractivity contribution in [3.8, 4) is 0 Å². The minimum absolute atomic E-state index is 0.159. The summed E-state index contributed by atoms with van der Waals surface area (Å²) in [5.74, 6) is -2.46. The van der Waals surface area contributed by atoms with Gasteiger partial charge in [0.1, 0.15) is 0 Å². The second kappa shape index (κ2) is 7.81. The van der Waals surface area contributed by atoms with E-state index < -0.39 is 11.9 Å². The van der Waals surface area contributed by atoms with Gasteiger partial charge in [-0.15, -0.1) is 0 Å². The number of aromatic carboxylic acids is 2. The molecule has 2 aromatic carbocycles. The van der Waals surface area contributed by atoms with E-state index in [1.807, 2.05) is 37.3 Å². The molecule has 0 saturated carbocycles. The lowest BCUT2D eigenvalue weighted by Crippen LogP contribution is -2.06. The second-order valence-electron chi connectivity index (χ2n) is 4.36. The molecule has 2 rings (SSSR count). The molecule has 0 aliphatic carbocycles. The van der Waals surface area contributed by atoms with Crippen molar-refractivity contribution in [3.63, 3.8) is 0 Å². The molecule has 5 heteroatoms. The third-order valence-electron chi connectivity index (χ3n) is 2.71. The van der Waals surface area contributed by atoms with Gasteiger partial charge in [-0.05, 0) is 24.6 Å². The number of carboxylic acid groups (broad SMARTS) is 2. The van der Waals surface area contributed by atoms with Crippen LogP contribution in [0.5, 0.6) is 0 Å². The Bertz CT molecular complexity index is 576. The average molecular weight is 287 g/mol. The fraction of sp³-hybridized carbons (Fsp3) is 0.125. The molecule has 0 aromatic heterocycles. The predicted molar refractivity (Wildman–Crippen MR) is 79.4 cm³/mol. The van der Waals surface area contributed by atoms with Gasteiger partial charge in [0.15, 0.2) is 0 Å². The van der Waals surface area contributed by atoms with Gasteiger partial charge in [-0.2, -0.15) is 0 Å². The lowest BCUT2D eigenvalue weighted by Gasteiger charge is -2.02. The van der Waals surface area contributed by atoms with Crippen LogP contribution in [0, 0.1) is 0 Å². The highest BCUT2D eigenvalue weighted by molar-refractivity contribution is 6.01. The molecule has 0 spiro atoms. The maximum Gasteiger partial charge on any atom is 0.336 e. The zero-order chi connectivity index (χ0) is 15.8. The second-order valence-corrected chi connectivity index (χ2v) is 4.36. The number of hydrogen-bond donors (Lipinski definition) is 3. The Hall–Kier alpha value is -2.66. The van der Waals surface area contributed by atoms with Crippen molar-refractivity contribution >= 4 is 11.9 Å². The van der Waals surface area contributed by atoms with Gasteiger partial charge < -0.3 is 15.9 Å². The van der Waals surface area contributed by atoms with Crippen molar-refractivity contribution in [2.45, 2.75) is 13.0 Å². The number of carbonyl (C=O) groups is 2. The molecule has 0 aliphatic heterocycles. The molecule has 110 valence electrons. The zero-order valence-electron chi connectivity index (χ0n) is 11.6. The number of hydrogen-bond acceptors (Lipinski definition) is 3. The molecule has 2 aromatic rings. The van der Waals surface area contributed by atoms with Gasteiger partial charge >= 0.3 is 11.9 Å². The molecule has 0 amide bonds. The summed E-state index contributed by atoms with van der Waals surface area (Å²) in [6, 6.07) is 15.7. The van der Waals surface area contributed by atoms with Gasteiger partial charge in [0, 0.05) is 6.04 Å². The normalized spacial score (nSPS) is 11.0. The third kappa shape index (κ3) is 5.08. The molecule has 0 unspecified atom stereocenters. The van der Waals surface area contributed by atoms with Crippen molar-refractivity contribution in [3.05, 3.63) is 71.3 Å². The SMILES string of the molecule is C[C@@H](N)c1ccccc1.O=C(O)c1ccccc1C(=O)O. The topological polar surface area (TPSA) is 101 Å². The summed E-state index contributed by atoms with van der Waals surface area (Å²) in [6.45, 7) is 1.98. The Kier molecular flexibility index (Phi) is 6.10. The van der Waals surface area contributed by atoms with E-state index in [0.717, 1.165) is 0 Å². The highest BCUT2D eigenvalue weighted by Crippen LogP contribution is 2.08. The average Bonchev–Trinajstić information content (AvgIpc) is 2.48. The molecule has 0 radical (unpaired) electrons. The highest BCUT2D eigenvalue weighted by Gasteiger charge is 2.13. The van der Waals surface area contributed by atoms with Gasteiger partial charge in [-0.3, -0.25) is 0 Å². The van der Waals surface area contributed by atoms with E-state index in [4.69, 9.17) is 15.9 Å². The van der Waals surface area contributed by atoms with Gasteiger partial charge in [0.25, 0.3) is 0 Å². The summed E-state index contributed by atoms with van der Waals surface area (Å²) in [6.07, 6.45) is 0. The van der Waals surface area contributed by atoms with Crippen LogP contribution in [-0.4, -0.2) is 22.2 Å². The largest absolute Gasteiger partial charge is 0.478 e. The van der Waals surface area contributed by atoms with Gasteiger partial charge in [-0.25, -0.2) is 9.59 Å². The maximum absolute atomic E-state index is 10.5. The Labute approximate surface area is 122 Å². The van der Waals surface area contributed by atoms with Crippen molar-refractivity contribution in [2.75, 3.05) is 0 Å². The number of benzene rings is 2. The Morgan fingerprint density at radius 3 is 1.52 bits per heavy atom. The molecule has 0 fully saturated rings. The quantitative estimate of drug-likeness (QED) is 0.805. The molecule has 0 saturated heterocycles. The lowest BCUT2D eigenvalue weighted by atomic mass is 10.1. The molecule has 21 heavy (non-hydrogen) atoms. The number of nitrogens with two attached hydrogens (primary N) is 1. The van der Waals surface area contributed by atoms with Crippen molar-refractivity contribution < 1.29 is 19.8 Å². The summed E-state index contributed by atoms with van der Waals surface area (Å²) in [4.78, 5) is 20.9. The van der Waals surface area contributed by atoms with E-state index >= 15 is 0 Å². The van der Waals surface area contributed by atoms with Crippen LogP contribution in [-0.2, 0) is 0 Å². The van der Waals surface area contributed by atoms with E-state index in [9.17, 15) is 9.59 Å². The zero-order valence-corrected chi connectivity index (χ0v) is 11.6. The first kappa shape index (κ1) is 16.4. The van der Waals surface area contributed by atoms with Crippen molar-refractivity contribution in [2.24, 2.45) is 5.73 Å². The van der Waals surface area contributed by atoms with E-state index in [-0.39, 0.29) is 17.2 Å². The Morgan fingerprint density at radius 2 is 1.24 bits per heavy atom. The molecule has 4 N–H and O–H groups in total. The monoisotopic (exact) mass is 287 g/mol. The molecule has 5 nitrogen and oxygen atoms in total. The lowest BCUT2D eigenvalue weighted by molar-refractivity contribution is 0.0651. The van der Waals surface area contributed by atoms with Crippen LogP contribution in [0.1, 0.15) is 39.2 Å². The van der Waals surface area contributed by atoms with E-state index in [1.54, 1.807) is 0 Å². The standard InChI is InChI=1S/C8H11N.C8H6O4/c1-7(9)8-5-3-2-4-6-8;9-7(10)5-3-1-2-4-6(5)8(11)12/h2-7H,9H2,1H3;1-4H,(H,9,10)(H,11,12)/t7-;/m1./s1. The molecular formula is C16H17NO4. The maximum atomic E-state index is 10.5. The van der Waals surface area contributed by atoms with Crippen LogP contribution in [0.15, 0.2) is 54.6 Å². The van der Waals surface area contributed by atoms with Crippen LogP contribution in [0.25, 0.3) is 0 Å². The first-order chi connectivity index (χ1) is 9.93. The molecule has 0 bridgehead atoms.